The van der Waals surface area contributed by atoms with Crippen molar-refractivity contribution in [3.05, 3.63) is 12.3 Å². The van der Waals surface area contributed by atoms with Crippen LogP contribution in [0.15, 0.2) is 12.3 Å². The quantitative estimate of drug-likeness (QED) is 0.800. The van der Waals surface area contributed by atoms with Crippen molar-refractivity contribution in [3.63, 3.8) is 0 Å². The third-order valence-corrected chi connectivity index (χ3v) is 2.98. The van der Waals surface area contributed by atoms with Crippen LogP contribution in [0.2, 0.25) is 0 Å². The average molecular weight is 204 g/mol. The van der Waals surface area contributed by atoms with Crippen LogP contribution in [-0.4, -0.2) is 15.8 Å². The Labute approximate surface area is 89.9 Å². The summed E-state index contributed by atoms with van der Waals surface area (Å²) in [5.41, 5.74) is 0. The Morgan fingerprint density at radius 2 is 2.33 bits per heavy atom. The highest BCUT2D eigenvalue weighted by molar-refractivity contribution is 5.34. The fourth-order valence-electron chi connectivity index (χ4n) is 2.14. The van der Waals surface area contributed by atoms with Crippen LogP contribution >= 0.6 is 0 Å². The molecule has 1 aliphatic rings. The van der Waals surface area contributed by atoms with Gasteiger partial charge in [-0.05, 0) is 12.8 Å². The Morgan fingerprint density at radius 3 is 3.00 bits per heavy atom. The minimum Gasteiger partial charge on any atom is -0.365 e. The molecule has 2 unspecified atom stereocenters. The molecule has 1 fully saturated rings. The summed E-state index contributed by atoms with van der Waals surface area (Å²) in [6.07, 6.45) is 6.39. The second-order valence-corrected chi connectivity index (χ2v) is 4.15. The van der Waals surface area contributed by atoms with Gasteiger partial charge in [-0.3, -0.25) is 4.68 Å². The third-order valence-electron chi connectivity index (χ3n) is 2.98. The summed E-state index contributed by atoms with van der Waals surface area (Å²) in [5.74, 6) is 1.02. The number of nitrogens with one attached hydrogen (secondary N) is 1. The molecule has 15 heavy (non-hydrogen) atoms. The molecule has 1 aliphatic carbocycles. The molecule has 1 saturated carbocycles. The maximum Gasteiger partial charge on any atom is 0.148 e. The van der Waals surface area contributed by atoms with Gasteiger partial charge in [0.05, 0.1) is 12.0 Å². The summed E-state index contributed by atoms with van der Waals surface area (Å²) < 4.78 is 1.77. The molecule has 0 amide bonds. The van der Waals surface area contributed by atoms with Gasteiger partial charge in [0.1, 0.15) is 5.82 Å². The maximum absolute atomic E-state index is 9.03. The van der Waals surface area contributed by atoms with Crippen LogP contribution < -0.4 is 5.32 Å². The van der Waals surface area contributed by atoms with Crippen molar-refractivity contribution in [2.75, 3.05) is 5.32 Å². The van der Waals surface area contributed by atoms with Crippen LogP contribution in [0.4, 0.5) is 5.82 Å². The first-order valence-corrected chi connectivity index (χ1v) is 5.45. The molecule has 80 valence electrons. The lowest BCUT2D eigenvalue weighted by Crippen LogP contribution is -2.31. The number of nitriles is 1. The number of aromatic nitrogens is 2. The summed E-state index contributed by atoms with van der Waals surface area (Å²) in [6, 6.07) is 4.61. The summed E-state index contributed by atoms with van der Waals surface area (Å²) in [7, 11) is 1.90. The molecule has 0 bridgehead atoms. The van der Waals surface area contributed by atoms with Gasteiger partial charge in [-0.15, -0.1) is 0 Å². The van der Waals surface area contributed by atoms with E-state index < -0.39 is 0 Å². The Bertz CT molecular complexity index is 363. The first-order chi connectivity index (χ1) is 7.29. The van der Waals surface area contributed by atoms with E-state index >= 15 is 0 Å². The first-order valence-electron chi connectivity index (χ1n) is 5.45. The molecule has 4 nitrogen and oxygen atoms in total. The van der Waals surface area contributed by atoms with E-state index in [0.717, 1.165) is 18.7 Å². The van der Waals surface area contributed by atoms with Crippen molar-refractivity contribution < 1.29 is 0 Å². The fourth-order valence-corrected chi connectivity index (χ4v) is 2.14. The van der Waals surface area contributed by atoms with E-state index in [1.807, 2.05) is 19.3 Å². The molecule has 0 aromatic carbocycles. The standard InChI is InChI=1S/C11H16N4/c1-15-7-6-11(14-15)13-10-5-3-2-4-9(10)8-12/h6-7,9-10H,2-5H2,1H3,(H,13,14). The molecular formula is C11H16N4. The Hall–Kier alpha value is -1.50. The van der Waals surface area contributed by atoms with Crippen LogP contribution in [0.25, 0.3) is 0 Å². The molecule has 0 radical (unpaired) electrons. The van der Waals surface area contributed by atoms with E-state index in [0.29, 0.717) is 0 Å². The molecule has 2 rings (SSSR count). The Kier molecular flexibility index (Phi) is 2.91. The van der Waals surface area contributed by atoms with Crippen LogP contribution in [0.3, 0.4) is 0 Å². The highest BCUT2D eigenvalue weighted by atomic mass is 15.3. The lowest BCUT2D eigenvalue weighted by molar-refractivity contribution is 0.388. The molecule has 1 N–H and O–H groups in total. The zero-order valence-electron chi connectivity index (χ0n) is 8.98. The minimum atomic E-state index is 0.140. The maximum atomic E-state index is 9.03. The van der Waals surface area contributed by atoms with Gasteiger partial charge < -0.3 is 5.32 Å². The number of hydrogen-bond acceptors (Lipinski definition) is 3. The molecule has 0 saturated heterocycles. The average Bonchev–Trinajstić information content (AvgIpc) is 2.65. The largest absolute Gasteiger partial charge is 0.365 e. The molecule has 2 atom stereocenters. The van der Waals surface area contributed by atoms with Crippen molar-refractivity contribution >= 4 is 5.82 Å². The smallest absolute Gasteiger partial charge is 0.148 e. The SMILES string of the molecule is Cn1ccc(NC2CCCCC2C#N)n1. The third kappa shape index (κ3) is 2.30. The Morgan fingerprint density at radius 1 is 1.53 bits per heavy atom. The van der Waals surface area contributed by atoms with Crippen LogP contribution in [-0.2, 0) is 7.05 Å². The van der Waals surface area contributed by atoms with Crippen molar-refractivity contribution in [3.8, 4) is 6.07 Å². The predicted octanol–water partition coefficient (Wildman–Crippen LogP) is 1.91. The zero-order chi connectivity index (χ0) is 10.7. The van der Waals surface area contributed by atoms with E-state index in [-0.39, 0.29) is 12.0 Å². The number of hydrogen-bond donors (Lipinski definition) is 1. The van der Waals surface area contributed by atoms with Crippen molar-refractivity contribution in [2.45, 2.75) is 31.7 Å². The minimum absolute atomic E-state index is 0.140. The fraction of sp³-hybridized carbons (Fsp3) is 0.636. The van der Waals surface area contributed by atoms with E-state index in [4.69, 9.17) is 5.26 Å². The second kappa shape index (κ2) is 4.35. The van der Waals surface area contributed by atoms with Crippen LogP contribution in [0.5, 0.6) is 0 Å². The van der Waals surface area contributed by atoms with Crippen LogP contribution in [0, 0.1) is 17.2 Å². The number of nitrogens with zero attached hydrogens (tertiary/aromatic N) is 3. The molecule has 1 heterocycles. The number of aryl methyl sites for hydroxylation is 1. The van der Waals surface area contributed by atoms with E-state index in [2.05, 4.69) is 16.5 Å². The van der Waals surface area contributed by atoms with E-state index in [1.54, 1.807) is 4.68 Å². The molecule has 1 aromatic rings. The van der Waals surface area contributed by atoms with E-state index in [9.17, 15) is 0 Å². The topological polar surface area (TPSA) is 53.6 Å². The predicted molar refractivity (Wildman–Crippen MR) is 58.2 cm³/mol. The van der Waals surface area contributed by atoms with Gasteiger partial charge in [-0.25, -0.2) is 0 Å². The van der Waals surface area contributed by atoms with Gasteiger partial charge >= 0.3 is 0 Å². The summed E-state index contributed by atoms with van der Waals surface area (Å²) in [6.45, 7) is 0. The second-order valence-electron chi connectivity index (χ2n) is 4.15. The van der Waals surface area contributed by atoms with Gasteiger partial charge in [-0.2, -0.15) is 10.4 Å². The highest BCUT2D eigenvalue weighted by Crippen LogP contribution is 2.26. The monoisotopic (exact) mass is 204 g/mol. The van der Waals surface area contributed by atoms with Gasteiger partial charge in [0.2, 0.25) is 0 Å². The highest BCUT2D eigenvalue weighted by Gasteiger charge is 2.24. The lowest BCUT2D eigenvalue weighted by Gasteiger charge is -2.27. The molecule has 0 aliphatic heterocycles. The lowest BCUT2D eigenvalue weighted by atomic mass is 9.85. The van der Waals surface area contributed by atoms with Crippen LogP contribution in [0.1, 0.15) is 25.7 Å². The summed E-state index contributed by atoms with van der Waals surface area (Å²) >= 11 is 0. The molecule has 1 aromatic heterocycles. The van der Waals surface area contributed by atoms with Gasteiger partial charge in [0.25, 0.3) is 0 Å². The normalized spacial score (nSPS) is 25.9. The first kappa shape index (κ1) is 10.0. The Balaban J connectivity index is 2.01. The van der Waals surface area contributed by atoms with Gasteiger partial charge in [0.15, 0.2) is 0 Å². The number of anilines is 1. The molecular weight excluding hydrogens is 188 g/mol. The zero-order valence-corrected chi connectivity index (χ0v) is 8.98. The van der Waals surface area contributed by atoms with Gasteiger partial charge in [-0.1, -0.05) is 12.8 Å². The van der Waals surface area contributed by atoms with Crippen molar-refractivity contribution in [1.82, 2.24) is 9.78 Å². The molecule has 4 heteroatoms. The molecule has 0 spiro atoms. The number of rotatable bonds is 2. The van der Waals surface area contributed by atoms with E-state index in [1.165, 1.54) is 12.8 Å². The summed E-state index contributed by atoms with van der Waals surface area (Å²) in [5, 5.41) is 16.6. The van der Waals surface area contributed by atoms with Crippen molar-refractivity contribution in [1.29, 1.82) is 5.26 Å². The van der Waals surface area contributed by atoms with Crippen molar-refractivity contribution in [2.24, 2.45) is 13.0 Å². The van der Waals surface area contributed by atoms with Gasteiger partial charge in [0, 0.05) is 25.4 Å². The summed E-state index contributed by atoms with van der Waals surface area (Å²) in [4.78, 5) is 0.